The average molecular weight is 518 g/mol. The van der Waals surface area contributed by atoms with Crippen LogP contribution in [0.15, 0.2) is 16.8 Å². The first kappa shape index (κ1) is 27.3. The largest absolute Gasteiger partial charge is 0.480 e. The van der Waals surface area contributed by atoms with Crippen LogP contribution in [-0.4, -0.2) is 57.7 Å². The summed E-state index contributed by atoms with van der Waals surface area (Å²) in [5.41, 5.74) is 5.58. The van der Waals surface area contributed by atoms with Gasteiger partial charge in [0.15, 0.2) is 12.4 Å². The molecule has 7 unspecified atom stereocenters. The number of ketones is 1. The monoisotopic (exact) mass is 517 g/mol. The van der Waals surface area contributed by atoms with Gasteiger partial charge in [0.25, 0.3) is 5.91 Å². The maximum atomic E-state index is 12.4. The molecule has 3 saturated carbocycles. The summed E-state index contributed by atoms with van der Waals surface area (Å²) < 4.78 is 0. The molecule has 4 rings (SSSR count). The summed E-state index contributed by atoms with van der Waals surface area (Å²) in [4.78, 5) is 51.8. The quantitative estimate of drug-likeness (QED) is 0.357. The number of carboxylic acid groups (broad SMARTS) is 1. The second kappa shape index (κ2) is 9.85. The lowest BCUT2D eigenvalue weighted by atomic mass is 9.46. The van der Waals surface area contributed by atoms with Crippen LogP contribution in [0.3, 0.4) is 0 Å². The van der Waals surface area contributed by atoms with E-state index in [0.717, 1.165) is 44.2 Å². The number of nitrogens with one attached hydrogen (secondary N) is 1. The standard InChI is InChI=1S/C27H39N3O7/c1-15(31)27(36)11-8-20-18-5-4-16-12-17(6-9-25(16,2)19(18)7-10-26(20,27)3)30-37-14-23(33)29-21(24(34)35)13-22(28)32/h12,18-21,36H,4-11,13-14H2,1-3H3,(H2,28,32)(H,29,33)(H,34,35)/b30-17+. The van der Waals surface area contributed by atoms with Crippen molar-refractivity contribution in [2.75, 3.05) is 6.61 Å². The lowest BCUT2D eigenvalue weighted by Crippen LogP contribution is -2.57. The van der Waals surface area contributed by atoms with E-state index in [1.807, 2.05) is 0 Å². The van der Waals surface area contributed by atoms with E-state index in [4.69, 9.17) is 15.7 Å². The van der Waals surface area contributed by atoms with Gasteiger partial charge in [0.1, 0.15) is 11.6 Å². The van der Waals surface area contributed by atoms with Gasteiger partial charge in [-0.15, -0.1) is 0 Å². The second-order valence-electron chi connectivity index (χ2n) is 11.9. The highest BCUT2D eigenvalue weighted by atomic mass is 16.6. The molecule has 10 heteroatoms. The molecule has 0 aromatic heterocycles. The van der Waals surface area contributed by atoms with E-state index in [1.54, 1.807) is 0 Å². The van der Waals surface area contributed by atoms with E-state index in [0.29, 0.717) is 30.6 Å². The third-order valence-electron chi connectivity index (χ3n) is 10.1. The molecule has 2 amide bonds. The Labute approximate surface area is 217 Å². The Kier molecular flexibility index (Phi) is 7.27. The molecule has 0 aromatic rings. The van der Waals surface area contributed by atoms with Gasteiger partial charge >= 0.3 is 5.97 Å². The molecule has 37 heavy (non-hydrogen) atoms. The summed E-state index contributed by atoms with van der Waals surface area (Å²) in [5.74, 6) is -1.65. The van der Waals surface area contributed by atoms with Gasteiger partial charge in [-0.05, 0) is 87.5 Å². The van der Waals surface area contributed by atoms with Crippen molar-refractivity contribution in [3.05, 3.63) is 11.6 Å². The molecule has 0 spiro atoms. The van der Waals surface area contributed by atoms with E-state index in [2.05, 4.69) is 30.4 Å². The van der Waals surface area contributed by atoms with Crippen molar-refractivity contribution in [2.45, 2.75) is 90.2 Å². The van der Waals surface area contributed by atoms with Crippen molar-refractivity contribution in [3.8, 4) is 0 Å². The number of amides is 2. The van der Waals surface area contributed by atoms with Crippen molar-refractivity contribution in [1.29, 1.82) is 0 Å². The summed E-state index contributed by atoms with van der Waals surface area (Å²) in [6.07, 6.45) is 8.43. The number of fused-ring (bicyclic) bond motifs is 5. The predicted octanol–water partition coefficient (Wildman–Crippen LogP) is 2.09. The van der Waals surface area contributed by atoms with Gasteiger partial charge < -0.3 is 26.1 Å². The minimum atomic E-state index is -1.40. The van der Waals surface area contributed by atoms with Crippen LogP contribution in [0, 0.1) is 28.6 Å². The molecule has 4 aliphatic rings. The molecule has 5 N–H and O–H groups in total. The maximum absolute atomic E-state index is 12.4. The SMILES string of the molecule is CC(=O)C1(O)CCC2C3CCC4=C/C(=N/OCC(=O)NC(CC(N)=O)C(=O)O)CCC4(C)C3CCC21C. The van der Waals surface area contributed by atoms with Crippen LogP contribution in [0.2, 0.25) is 0 Å². The average Bonchev–Trinajstić information content (AvgIpc) is 3.10. The molecule has 0 bridgehead atoms. The summed E-state index contributed by atoms with van der Waals surface area (Å²) in [5, 5.41) is 26.8. The topological polar surface area (TPSA) is 168 Å². The maximum Gasteiger partial charge on any atom is 0.326 e. The van der Waals surface area contributed by atoms with E-state index >= 15 is 0 Å². The third-order valence-corrected chi connectivity index (χ3v) is 10.1. The minimum absolute atomic E-state index is 0.0288. The number of hydrogen-bond donors (Lipinski definition) is 4. The number of primary amides is 1. The van der Waals surface area contributed by atoms with Crippen molar-refractivity contribution in [2.24, 2.45) is 39.5 Å². The Hall–Kier alpha value is -2.75. The molecule has 10 nitrogen and oxygen atoms in total. The molecule has 204 valence electrons. The first-order chi connectivity index (χ1) is 17.3. The van der Waals surface area contributed by atoms with Crippen LogP contribution in [0.4, 0.5) is 0 Å². The van der Waals surface area contributed by atoms with Gasteiger partial charge in [0.05, 0.1) is 12.1 Å². The molecule has 0 saturated heterocycles. The number of rotatable bonds is 8. The number of aliphatic carboxylic acids is 1. The highest BCUT2D eigenvalue weighted by molar-refractivity contribution is 5.96. The van der Waals surface area contributed by atoms with Gasteiger partial charge in [0, 0.05) is 5.41 Å². The summed E-state index contributed by atoms with van der Waals surface area (Å²) >= 11 is 0. The van der Waals surface area contributed by atoms with Crippen LogP contribution in [0.5, 0.6) is 0 Å². The number of hydrogen-bond acceptors (Lipinski definition) is 7. The highest BCUT2D eigenvalue weighted by Crippen LogP contribution is 2.67. The number of carboxylic acids is 1. The zero-order chi connectivity index (χ0) is 27.2. The Bertz CT molecular complexity index is 1050. The molecule has 0 heterocycles. The second-order valence-corrected chi connectivity index (χ2v) is 11.9. The van der Waals surface area contributed by atoms with E-state index < -0.39 is 42.5 Å². The number of aliphatic hydroxyl groups is 1. The Morgan fingerprint density at radius 2 is 1.84 bits per heavy atom. The van der Waals surface area contributed by atoms with Crippen LogP contribution >= 0.6 is 0 Å². The molecule has 7 atom stereocenters. The fraction of sp³-hybridized carbons (Fsp3) is 0.741. The summed E-state index contributed by atoms with van der Waals surface area (Å²) in [6.45, 7) is 5.53. The molecule has 3 fully saturated rings. The van der Waals surface area contributed by atoms with E-state index in [1.165, 1.54) is 12.5 Å². The summed E-state index contributed by atoms with van der Waals surface area (Å²) in [6, 6.07) is -1.40. The lowest BCUT2D eigenvalue weighted by Gasteiger charge is -2.59. The van der Waals surface area contributed by atoms with E-state index in [-0.39, 0.29) is 16.6 Å². The van der Waals surface area contributed by atoms with Gasteiger partial charge in [-0.3, -0.25) is 14.4 Å². The minimum Gasteiger partial charge on any atom is -0.480 e. The number of nitrogens with zero attached hydrogens (tertiary/aromatic N) is 1. The molecule has 0 aromatic carbocycles. The molecule has 0 radical (unpaired) electrons. The van der Waals surface area contributed by atoms with Gasteiger partial charge in [-0.25, -0.2) is 4.79 Å². The number of oxime groups is 1. The van der Waals surface area contributed by atoms with Gasteiger partial charge in [-0.1, -0.05) is 24.6 Å². The normalized spacial score (nSPS) is 38.4. The zero-order valence-corrected chi connectivity index (χ0v) is 21.9. The van der Waals surface area contributed by atoms with Crippen LogP contribution in [-0.2, 0) is 24.0 Å². The molecular formula is C27H39N3O7. The number of carbonyl (C=O) groups is 4. The predicted molar refractivity (Wildman–Crippen MR) is 134 cm³/mol. The summed E-state index contributed by atoms with van der Waals surface area (Å²) in [7, 11) is 0. The first-order valence-corrected chi connectivity index (χ1v) is 13.3. The molecule has 0 aliphatic heterocycles. The lowest BCUT2D eigenvalue weighted by molar-refractivity contribution is -0.159. The number of allylic oxidation sites excluding steroid dienone is 2. The first-order valence-electron chi connectivity index (χ1n) is 13.3. The fourth-order valence-electron chi connectivity index (χ4n) is 8.05. The number of carbonyl (C=O) groups excluding carboxylic acids is 3. The Morgan fingerprint density at radius 3 is 2.49 bits per heavy atom. The van der Waals surface area contributed by atoms with Crippen molar-refractivity contribution >= 4 is 29.3 Å². The highest BCUT2D eigenvalue weighted by Gasteiger charge is 2.65. The zero-order valence-electron chi connectivity index (χ0n) is 21.9. The Balaban J connectivity index is 1.40. The number of nitrogens with two attached hydrogens (primary N) is 1. The smallest absolute Gasteiger partial charge is 0.326 e. The fourth-order valence-corrected chi connectivity index (χ4v) is 8.05. The van der Waals surface area contributed by atoms with Crippen molar-refractivity contribution in [3.63, 3.8) is 0 Å². The molecular weight excluding hydrogens is 478 g/mol. The van der Waals surface area contributed by atoms with Gasteiger partial charge in [-0.2, -0.15) is 0 Å². The van der Waals surface area contributed by atoms with Crippen LogP contribution in [0.1, 0.15) is 78.6 Å². The van der Waals surface area contributed by atoms with E-state index in [9.17, 15) is 24.3 Å². The Morgan fingerprint density at radius 1 is 1.14 bits per heavy atom. The van der Waals surface area contributed by atoms with Crippen LogP contribution < -0.4 is 11.1 Å². The van der Waals surface area contributed by atoms with Crippen LogP contribution in [0.25, 0.3) is 0 Å². The molecule has 4 aliphatic carbocycles. The third kappa shape index (κ3) is 4.69. The van der Waals surface area contributed by atoms with Crippen molar-refractivity contribution in [1.82, 2.24) is 5.32 Å². The van der Waals surface area contributed by atoms with Crippen molar-refractivity contribution < 1.29 is 34.2 Å². The number of Topliss-reactive ketones (excluding diaryl/α,β-unsaturated/α-hetero) is 1. The van der Waals surface area contributed by atoms with Gasteiger partial charge in [0.2, 0.25) is 5.91 Å².